The quantitative estimate of drug-likeness (QED) is 0.515. The van der Waals surface area contributed by atoms with E-state index in [0.717, 1.165) is 17.5 Å². The van der Waals surface area contributed by atoms with Crippen LogP contribution in [0.5, 0.6) is 11.5 Å². The Morgan fingerprint density at radius 1 is 0.848 bits per heavy atom. The van der Waals surface area contributed by atoms with E-state index in [1.54, 1.807) is 0 Å². The summed E-state index contributed by atoms with van der Waals surface area (Å²) in [4.78, 5) is 0. The number of rotatable bonds is 8. The Kier molecular flexibility index (Phi) is 7.03. The molecule has 1 saturated heterocycles. The molecule has 174 valence electrons. The Labute approximate surface area is 195 Å². The largest absolute Gasteiger partial charge is 0.489 e. The molecule has 0 amide bonds. The smallest absolute Gasteiger partial charge is 0.181 e. The minimum Gasteiger partial charge on any atom is -0.489 e. The lowest BCUT2D eigenvalue weighted by Crippen LogP contribution is -2.52. The summed E-state index contributed by atoms with van der Waals surface area (Å²) in [6, 6.07) is 23.9. The fraction of sp³-hybridized carbons (Fsp3) is 0.357. The molecule has 1 N–H and O–H groups in total. The first-order valence-electron chi connectivity index (χ1n) is 11.3. The van der Waals surface area contributed by atoms with Gasteiger partial charge in [0, 0.05) is 12.0 Å². The molecular weight excluding hydrogens is 416 g/mol. The lowest BCUT2D eigenvalue weighted by atomic mass is 9.93. The molecule has 1 heterocycles. The third-order valence-corrected chi connectivity index (χ3v) is 5.87. The molecule has 0 spiro atoms. The molecule has 33 heavy (non-hydrogen) atoms. The number of benzene rings is 3. The van der Waals surface area contributed by atoms with E-state index in [2.05, 4.69) is 31.2 Å². The van der Waals surface area contributed by atoms with E-state index in [1.807, 2.05) is 62.4 Å². The van der Waals surface area contributed by atoms with Crippen molar-refractivity contribution in [2.45, 2.75) is 45.2 Å². The minimum atomic E-state index is -0.833. The normalized spacial score (nSPS) is 16.8. The van der Waals surface area contributed by atoms with Gasteiger partial charge in [-0.1, -0.05) is 66.2 Å². The summed E-state index contributed by atoms with van der Waals surface area (Å²) in [6.45, 7) is 6.96. The predicted octanol–water partition coefficient (Wildman–Crippen LogP) is 5.17. The van der Waals surface area contributed by atoms with Crippen LogP contribution in [0.3, 0.4) is 0 Å². The first-order chi connectivity index (χ1) is 15.9. The topological polar surface area (TPSA) is 57.2 Å². The number of hydrogen-bond acceptors (Lipinski definition) is 5. The van der Waals surface area contributed by atoms with Gasteiger partial charge in [0.05, 0.1) is 26.4 Å². The SMILES string of the molecule is Cc1ccc(CCOc2ccc(CO)cc2OC2(c3ccccc3)COC(C)(C)OC2)cc1. The van der Waals surface area contributed by atoms with E-state index in [0.29, 0.717) is 31.3 Å². The molecule has 0 saturated carbocycles. The van der Waals surface area contributed by atoms with Crippen LogP contribution in [0.4, 0.5) is 0 Å². The molecule has 0 unspecified atom stereocenters. The van der Waals surface area contributed by atoms with Gasteiger partial charge in [-0.15, -0.1) is 0 Å². The summed E-state index contributed by atoms with van der Waals surface area (Å²) >= 11 is 0. The summed E-state index contributed by atoms with van der Waals surface area (Å²) in [6.07, 6.45) is 0.783. The molecule has 0 aliphatic carbocycles. The van der Waals surface area contributed by atoms with Gasteiger partial charge in [0.1, 0.15) is 0 Å². The van der Waals surface area contributed by atoms with Crippen molar-refractivity contribution in [2.75, 3.05) is 19.8 Å². The van der Waals surface area contributed by atoms with Gasteiger partial charge >= 0.3 is 0 Å². The van der Waals surface area contributed by atoms with Crippen LogP contribution in [0.15, 0.2) is 72.8 Å². The first kappa shape index (κ1) is 23.3. The Morgan fingerprint density at radius 3 is 2.18 bits per heavy atom. The Hall–Kier alpha value is -2.86. The highest BCUT2D eigenvalue weighted by atomic mass is 16.7. The van der Waals surface area contributed by atoms with Gasteiger partial charge in [0.25, 0.3) is 0 Å². The van der Waals surface area contributed by atoms with E-state index < -0.39 is 11.4 Å². The van der Waals surface area contributed by atoms with E-state index in [-0.39, 0.29) is 6.61 Å². The highest BCUT2D eigenvalue weighted by molar-refractivity contribution is 5.44. The Bertz CT molecular complexity index is 1030. The number of aryl methyl sites for hydroxylation is 1. The third-order valence-electron chi connectivity index (χ3n) is 5.87. The second-order valence-electron chi connectivity index (χ2n) is 8.96. The highest BCUT2D eigenvalue weighted by Crippen LogP contribution is 2.39. The highest BCUT2D eigenvalue weighted by Gasteiger charge is 2.44. The summed E-state index contributed by atoms with van der Waals surface area (Å²) in [5, 5.41) is 9.71. The van der Waals surface area contributed by atoms with Crippen LogP contribution >= 0.6 is 0 Å². The van der Waals surface area contributed by atoms with Crippen LogP contribution in [-0.4, -0.2) is 30.7 Å². The molecule has 1 aliphatic rings. The fourth-order valence-electron chi connectivity index (χ4n) is 3.78. The molecular formula is C28H32O5. The van der Waals surface area contributed by atoms with Crippen molar-refractivity contribution in [3.8, 4) is 11.5 Å². The lowest BCUT2D eigenvalue weighted by Gasteiger charge is -2.43. The Balaban J connectivity index is 1.58. The second kappa shape index (κ2) is 9.96. The number of ether oxygens (including phenoxy) is 4. The number of aliphatic hydroxyl groups excluding tert-OH is 1. The van der Waals surface area contributed by atoms with Crippen molar-refractivity contribution >= 4 is 0 Å². The van der Waals surface area contributed by atoms with E-state index in [9.17, 15) is 5.11 Å². The molecule has 0 aromatic heterocycles. The number of aliphatic hydroxyl groups is 1. The third kappa shape index (κ3) is 5.74. The molecule has 3 aromatic carbocycles. The van der Waals surface area contributed by atoms with Crippen molar-refractivity contribution in [3.63, 3.8) is 0 Å². The first-order valence-corrected chi connectivity index (χ1v) is 11.3. The van der Waals surface area contributed by atoms with E-state index >= 15 is 0 Å². The molecule has 0 atom stereocenters. The molecule has 1 fully saturated rings. The standard InChI is InChI=1S/C28H32O5/c1-21-9-11-22(12-10-21)15-16-30-25-14-13-23(18-29)17-26(25)33-28(24-7-5-4-6-8-24)19-31-27(2,3)32-20-28/h4-14,17,29H,15-16,18-20H2,1-3H3. The maximum Gasteiger partial charge on any atom is 0.181 e. The second-order valence-corrected chi connectivity index (χ2v) is 8.96. The van der Waals surface area contributed by atoms with Gasteiger partial charge in [-0.25, -0.2) is 0 Å². The van der Waals surface area contributed by atoms with Gasteiger partial charge in [0.2, 0.25) is 0 Å². The van der Waals surface area contributed by atoms with Crippen molar-refractivity contribution in [1.82, 2.24) is 0 Å². The van der Waals surface area contributed by atoms with Gasteiger partial charge in [-0.2, -0.15) is 0 Å². The molecule has 5 nitrogen and oxygen atoms in total. The zero-order chi connectivity index (χ0) is 23.3. The van der Waals surface area contributed by atoms with Crippen LogP contribution in [0.25, 0.3) is 0 Å². The number of hydrogen-bond donors (Lipinski definition) is 1. The van der Waals surface area contributed by atoms with Crippen LogP contribution < -0.4 is 9.47 Å². The predicted molar refractivity (Wildman–Crippen MR) is 127 cm³/mol. The Morgan fingerprint density at radius 2 is 1.52 bits per heavy atom. The maximum atomic E-state index is 9.71. The van der Waals surface area contributed by atoms with Crippen LogP contribution in [0.2, 0.25) is 0 Å². The van der Waals surface area contributed by atoms with Crippen molar-refractivity contribution in [3.05, 3.63) is 95.1 Å². The van der Waals surface area contributed by atoms with Gasteiger partial charge < -0.3 is 24.1 Å². The summed E-state index contributed by atoms with van der Waals surface area (Å²) in [5.41, 5.74) is 3.32. The van der Waals surface area contributed by atoms with Gasteiger partial charge in [0.15, 0.2) is 22.9 Å². The molecule has 0 bridgehead atoms. The summed E-state index contributed by atoms with van der Waals surface area (Å²) in [5.74, 6) is 0.503. The molecule has 3 aromatic rings. The van der Waals surface area contributed by atoms with E-state index in [4.69, 9.17) is 18.9 Å². The fourth-order valence-corrected chi connectivity index (χ4v) is 3.78. The summed E-state index contributed by atoms with van der Waals surface area (Å²) < 4.78 is 24.8. The van der Waals surface area contributed by atoms with Gasteiger partial charge in [-0.3, -0.25) is 0 Å². The van der Waals surface area contributed by atoms with Crippen molar-refractivity contribution in [2.24, 2.45) is 0 Å². The van der Waals surface area contributed by atoms with Crippen LogP contribution in [-0.2, 0) is 28.1 Å². The summed E-state index contributed by atoms with van der Waals surface area (Å²) in [7, 11) is 0. The maximum absolute atomic E-state index is 9.71. The molecule has 4 rings (SSSR count). The average Bonchev–Trinajstić information content (AvgIpc) is 2.83. The van der Waals surface area contributed by atoms with Crippen molar-refractivity contribution < 1.29 is 24.1 Å². The van der Waals surface area contributed by atoms with Crippen LogP contribution in [0.1, 0.15) is 36.1 Å². The molecule has 5 heteroatoms. The monoisotopic (exact) mass is 448 g/mol. The zero-order valence-electron chi connectivity index (χ0n) is 19.5. The van der Waals surface area contributed by atoms with Crippen molar-refractivity contribution in [1.29, 1.82) is 0 Å². The van der Waals surface area contributed by atoms with Gasteiger partial charge in [-0.05, 0) is 44.0 Å². The average molecular weight is 449 g/mol. The molecule has 0 radical (unpaired) electrons. The minimum absolute atomic E-state index is 0.0849. The zero-order valence-corrected chi connectivity index (χ0v) is 19.5. The molecule has 1 aliphatic heterocycles. The lowest BCUT2D eigenvalue weighted by molar-refractivity contribution is -0.299. The van der Waals surface area contributed by atoms with E-state index in [1.165, 1.54) is 11.1 Å². The van der Waals surface area contributed by atoms with Crippen LogP contribution in [0, 0.1) is 6.92 Å².